The van der Waals surface area contributed by atoms with Crippen molar-refractivity contribution < 1.29 is 33.6 Å². The van der Waals surface area contributed by atoms with Crippen LogP contribution in [0.2, 0.25) is 0 Å². The zero-order valence-corrected chi connectivity index (χ0v) is 17.6. The number of carbonyl (C=O) groups excluding carboxylic acids is 3. The molecule has 2 heterocycles. The molecule has 29 heavy (non-hydrogen) atoms. The third-order valence-corrected chi connectivity index (χ3v) is 5.54. The molecule has 2 aromatic rings. The number of imide groups is 1. The van der Waals surface area contributed by atoms with Gasteiger partial charge in [-0.05, 0) is 52.6 Å². The molecule has 1 aliphatic rings. The molecule has 0 aliphatic carbocycles. The van der Waals surface area contributed by atoms with Gasteiger partial charge in [0.05, 0.1) is 27.1 Å². The van der Waals surface area contributed by atoms with Crippen LogP contribution in [0, 0.1) is 13.7 Å². The Labute approximate surface area is 180 Å². The summed E-state index contributed by atoms with van der Waals surface area (Å²) in [7, 11) is 1.19. The molecule has 1 N–H and O–H groups in total. The molecule has 1 fully saturated rings. The van der Waals surface area contributed by atoms with E-state index in [4.69, 9.17) is 4.42 Å². The fourth-order valence-corrected chi connectivity index (χ4v) is 3.89. The number of non-ortho nitro benzene ring substituents is 1. The van der Waals surface area contributed by atoms with E-state index >= 15 is 0 Å². The van der Waals surface area contributed by atoms with Crippen molar-refractivity contribution in [2.75, 3.05) is 7.11 Å². The van der Waals surface area contributed by atoms with Crippen molar-refractivity contribution in [1.82, 2.24) is 4.90 Å². The van der Waals surface area contributed by atoms with Crippen LogP contribution < -0.4 is 0 Å². The highest BCUT2D eigenvalue weighted by atomic mass is 127. The monoisotopic (exact) mass is 530 g/mol. The number of rotatable bonds is 5. The highest BCUT2D eigenvalue weighted by molar-refractivity contribution is 14.1. The fourth-order valence-electron chi connectivity index (χ4n) is 2.43. The van der Waals surface area contributed by atoms with E-state index in [2.05, 4.69) is 4.74 Å². The number of aromatic hydroxyl groups is 1. The van der Waals surface area contributed by atoms with Gasteiger partial charge in [0.25, 0.3) is 16.8 Å². The van der Waals surface area contributed by atoms with Crippen LogP contribution in [0.4, 0.5) is 10.5 Å². The molecule has 1 aliphatic heterocycles. The van der Waals surface area contributed by atoms with E-state index < -0.39 is 22.0 Å². The maximum atomic E-state index is 12.6. The van der Waals surface area contributed by atoms with Crippen molar-refractivity contribution in [3.63, 3.8) is 0 Å². The van der Waals surface area contributed by atoms with Gasteiger partial charge in [-0.3, -0.25) is 24.6 Å². The Kier molecular flexibility index (Phi) is 5.93. The number of nitrogens with zero attached hydrogens (tertiary/aromatic N) is 2. The second kappa shape index (κ2) is 8.24. The number of benzene rings is 1. The van der Waals surface area contributed by atoms with Crippen molar-refractivity contribution in [3.8, 4) is 5.75 Å². The first-order chi connectivity index (χ1) is 13.7. The number of phenolic OH excluding ortho intramolecular Hbond substituents is 1. The maximum absolute atomic E-state index is 12.6. The smallest absolute Gasteiger partial charge is 0.373 e. The quantitative estimate of drug-likeness (QED) is 0.202. The number of nitro groups is 1. The number of carbonyl (C=O) groups is 3. The number of esters is 1. The minimum Gasteiger partial charge on any atom is -0.506 e. The number of amides is 2. The van der Waals surface area contributed by atoms with Crippen LogP contribution in [0.15, 0.2) is 33.6 Å². The number of halogens is 1. The number of nitro benzene ring substituents is 1. The van der Waals surface area contributed by atoms with Gasteiger partial charge in [-0.25, -0.2) is 4.79 Å². The largest absolute Gasteiger partial charge is 0.506 e. The van der Waals surface area contributed by atoms with Crippen LogP contribution in [0.3, 0.4) is 0 Å². The van der Waals surface area contributed by atoms with Crippen LogP contribution in [0.1, 0.15) is 21.9 Å². The van der Waals surface area contributed by atoms with Crippen LogP contribution in [-0.4, -0.2) is 39.2 Å². The summed E-state index contributed by atoms with van der Waals surface area (Å²) in [5, 5.41) is 20.6. The molecule has 150 valence electrons. The molecule has 1 saturated heterocycles. The molecule has 0 bridgehead atoms. The SMILES string of the molecule is COC(=O)c1ccc(CN2C(=O)S/C(=C/c3cc([N+](=O)[O-])cc(I)c3O)C2=O)o1. The molecule has 0 unspecified atom stereocenters. The van der Waals surface area contributed by atoms with Crippen molar-refractivity contribution in [1.29, 1.82) is 0 Å². The van der Waals surface area contributed by atoms with Gasteiger partial charge in [0.2, 0.25) is 5.76 Å². The first-order valence-corrected chi connectivity index (χ1v) is 9.70. The van der Waals surface area contributed by atoms with Gasteiger partial charge in [-0.1, -0.05) is 0 Å². The Hall–Kier alpha value is -2.87. The maximum Gasteiger partial charge on any atom is 0.373 e. The Morgan fingerprint density at radius 2 is 2.14 bits per heavy atom. The summed E-state index contributed by atoms with van der Waals surface area (Å²) in [6.45, 7) is -0.211. The summed E-state index contributed by atoms with van der Waals surface area (Å²) in [4.78, 5) is 47.6. The summed E-state index contributed by atoms with van der Waals surface area (Å²) in [6.07, 6.45) is 1.22. The molecule has 0 radical (unpaired) electrons. The topological polar surface area (TPSA) is 140 Å². The Morgan fingerprint density at radius 1 is 1.41 bits per heavy atom. The van der Waals surface area contributed by atoms with E-state index in [0.29, 0.717) is 11.8 Å². The van der Waals surface area contributed by atoms with E-state index in [0.717, 1.165) is 11.0 Å². The normalized spacial score (nSPS) is 15.2. The predicted molar refractivity (Wildman–Crippen MR) is 109 cm³/mol. The first kappa shape index (κ1) is 20.9. The number of phenols is 1. The zero-order chi connectivity index (χ0) is 21.3. The molecule has 12 heteroatoms. The van der Waals surface area contributed by atoms with Gasteiger partial charge in [0.1, 0.15) is 11.5 Å². The highest BCUT2D eigenvalue weighted by Crippen LogP contribution is 2.37. The Balaban J connectivity index is 1.86. The van der Waals surface area contributed by atoms with Crippen LogP contribution >= 0.6 is 34.4 Å². The fraction of sp³-hybridized carbons (Fsp3) is 0.118. The zero-order valence-electron chi connectivity index (χ0n) is 14.6. The van der Waals surface area contributed by atoms with Crippen molar-refractivity contribution in [3.05, 3.63) is 59.9 Å². The molecule has 0 saturated carbocycles. The summed E-state index contributed by atoms with van der Waals surface area (Å²) < 4.78 is 10.0. The predicted octanol–water partition coefficient (Wildman–Crippen LogP) is 3.52. The third-order valence-electron chi connectivity index (χ3n) is 3.81. The lowest BCUT2D eigenvalue weighted by atomic mass is 10.1. The summed E-state index contributed by atoms with van der Waals surface area (Å²) >= 11 is 2.36. The van der Waals surface area contributed by atoms with E-state index in [-0.39, 0.29) is 43.5 Å². The Bertz CT molecular complexity index is 1080. The van der Waals surface area contributed by atoms with E-state index in [1.165, 1.54) is 31.4 Å². The molecule has 10 nitrogen and oxygen atoms in total. The molecular formula is C17H11IN2O8S. The molecule has 2 amide bonds. The van der Waals surface area contributed by atoms with Crippen LogP contribution in [-0.2, 0) is 16.1 Å². The lowest BCUT2D eigenvalue weighted by Crippen LogP contribution is -2.27. The molecule has 3 rings (SSSR count). The number of methoxy groups -OCH3 is 1. The summed E-state index contributed by atoms with van der Waals surface area (Å²) in [5.74, 6) is -1.46. The molecule has 1 aromatic heterocycles. The molecule has 1 aromatic carbocycles. The summed E-state index contributed by atoms with van der Waals surface area (Å²) in [5.41, 5.74) is -0.219. The Morgan fingerprint density at radius 3 is 2.79 bits per heavy atom. The van der Waals surface area contributed by atoms with Crippen molar-refractivity contribution in [2.45, 2.75) is 6.54 Å². The second-order valence-electron chi connectivity index (χ2n) is 5.65. The van der Waals surface area contributed by atoms with Crippen molar-refractivity contribution in [2.24, 2.45) is 0 Å². The van der Waals surface area contributed by atoms with Crippen LogP contribution in [0.5, 0.6) is 5.75 Å². The minimum atomic E-state index is -0.693. The number of thioether (sulfide) groups is 1. The average Bonchev–Trinajstić information content (AvgIpc) is 3.25. The molecular weight excluding hydrogens is 519 g/mol. The number of furan rings is 1. The highest BCUT2D eigenvalue weighted by Gasteiger charge is 2.36. The van der Waals surface area contributed by atoms with Gasteiger partial charge in [-0.15, -0.1) is 0 Å². The van der Waals surface area contributed by atoms with E-state index in [1.54, 1.807) is 22.6 Å². The third kappa shape index (κ3) is 4.27. The number of hydrogen-bond acceptors (Lipinski definition) is 9. The van der Waals surface area contributed by atoms with Gasteiger partial charge in [-0.2, -0.15) is 0 Å². The van der Waals surface area contributed by atoms with Crippen LogP contribution in [0.25, 0.3) is 6.08 Å². The lowest BCUT2D eigenvalue weighted by molar-refractivity contribution is -0.385. The minimum absolute atomic E-state index is 0.0126. The van der Waals surface area contributed by atoms with Crippen molar-refractivity contribution >= 4 is 63.2 Å². The molecule has 0 atom stereocenters. The molecule has 0 spiro atoms. The van der Waals surface area contributed by atoms with Gasteiger partial charge in [0, 0.05) is 17.7 Å². The number of hydrogen-bond donors (Lipinski definition) is 1. The second-order valence-corrected chi connectivity index (χ2v) is 7.80. The van der Waals surface area contributed by atoms with Gasteiger partial charge < -0.3 is 14.3 Å². The number of ether oxygens (including phenoxy) is 1. The lowest BCUT2D eigenvalue weighted by Gasteiger charge is -2.10. The van der Waals surface area contributed by atoms with Gasteiger partial charge >= 0.3 is 5.97 Å². The summed E-state index contributed by atoms with van der Waals surface area (Å²) in [6, 6.07) is 5.10. The van der Waals surface area contributed by atoms with E-state index in [9.17, 15) is 29.6 Å². The van der Waals surface area contributed by atoms with Gasteiger partial charge in [0.15, 0.2) is 0 Å². The average molecular weight is 530 g/mol. The first-order valence-electron chi connectivity index (χ1n) is 7.80. The van der Waals surface area contributed by atoms with E-state index in [1.807, 2.05) is 0 Å². The standard InChI is InChI=1S/C17H11IN2O8S/c1-27-16(23)12-3-2-10(28-12)7-19-15(22)13(29-17(19)24)5-8-4-9(20(25)26)6-11(18)14(8)21/h2-6,21H,7H2,1H3/b13-5+.